The molecule has 2 heteroatoms. The lowest BCUT2D eigenvalue weighted by Gasteiger charge is -2.21. The van der Waals surface area contributed by atoms with Crippen molar-refractivity contribution in [2.75, 3.05) is 32.1 Å². The van der Waals surface area contributed by atoms with E-state index >= 15 is 0 Å². The van der Waals surface area contributed by atoms with E-state index in [2.05, 4.69) is 121 Å². The van der Waals surface area contributed by atoms with Crippen molar-refractivity contribution in [3.63, 3.8) is 0 Å². The van der Waals surface area contributed by atoms with Gasteiger partial charge in [0.1, 0.15) is 0 Å². The van der Waals surface area contributed by atoms with E-state index in [0.29, 0.717) is 0 Å². The second-order valence-electron chi connectivity index (χ2n) is 7.34. The molecule has 144 valence electrons. The van der Waals surface area contributed by atoms with Gasteiger partial charge in [0, 0.05) is 39.4 Å². The topological polar surface area (TPSA) is 6.48 Å². The highest BCUT2D eigenvalue weighted by Gasteiger charge is 2.05. The van der Waals surface area contributed by atoms with Gasteiger partial charge in [-0.05, 0) is 35.2 Å². The molecule has 0 fully saturated rings. The third-order valence-corrected chi connectivity index (χ3v) is 4.89. The second kappa shape index (κ2) is 10.5. The highest BCUT2D eigenvalue weighted by Crippen LogP contribution is 2.13. The standard InChI is InChI=1S/C26H30N2/c1-27(2)26-17-15-24(16-18-26)14-9-20-28(22-25-12-7-4-8-13-25)21-19-23-10-5-3-6-11-23/h3-18H,19-22H2,1-2H3. The minimum atomic E-state index is 0.942. The largest absolute Gasteiger partial charge is 0.378 e. The molecule has 28 heavy (non-hydrogen) atoms. The number of hydrogen-bond acceptors (Lipinski definition) is 2. The van der Waals surface area contributed by atoms with Crippen LogP contribution in [0.1, 0.15) is 16.7 Å². The Bertz CT molecular complexity index is 837. The van der Waals surface area contributed by atoms with Crippen LogP contribution in [0.3, 0.4) is 0 Å². The van der Waals surface area contributed by atoms with Gasteiger partial charge in [-0.15, -0.1) is 0 Å². The number of anilines is 1. The van der Waals surface area contributed by atoms with Crippen molar-refractivity contribution in [3.8, 4) is 0 Å². The number of rotatable bonds is 9. The maximum absolute atomic E-state index is 2.51. The van der Waals surface area contributed by atoms with Crippen LogP contribution in [-0.4, -0.2) is 32.1 Å². The maximum Gasteiger partial charge on any atom is 0.0361 e. The summed E-state index contributed by atoms with van der Waals surface area (Å²) in [5.41, 5.74) is 5.22. The highest BCUT2D eigenvalue weighted by molar-refractivity contribution is 5.55. The third kappa shape index (κ3) is 6.40. The first-order valence-electron chi connectivity index (χ1n) is 9.95. The molecule has 0 amide bonds. The first kappa shape index (κ1) is 19.9. The average molecular weight is 371 g/mol. The molecule has 0 atom stereocenters. The molecule has 2 nitrogen and oxygen atoms in total. The second-order valence-corrected chi connectivity index (χ2v) is 7.34. The molecule has 3 aromatic carbocycles. The predicted molar refractivity (Wildman–Crippen MR) is 122 cm³/mol. The molecule has 0 radical (unpaired) electrons. The zero-order chi connectivity index (χ0) is 19.6. The molecule has 0 heterocycles. The van der Waals surface area contributed by atoms with Crippen LogP contribution in [-0.2, 0) is 13.0 Å². The van der Waals surface area contributed by atoms with Gasteiger partial charge in [0.15, 0.2) is 0 Å². The Labute approximate surface area is 169 Å². The molecule has 0 aliphatic rings. The number of hydrogen-bond donors (Lipinski definition) is 0. The first-order chi connectivity index (χ1) is 13.7. The molecule has 0 saturated carbocycles. The van der Waals surface area contributed by atoms with Gasteiger partial charge >= 0.3 is 0 Å². The molecule has 0 bridgehead atoms. The molecule has 3 rings (SSSR count). The van der Waals surface area contributed by atoms with Gasteiger partial charge in [-0.3, -0.25) is 4.90 Å². The van der Waals surface area contributed by atoms with Crippen LogP contribution in [0.2, 0.25) is 0 Å². The van der Waals surface area contributed by atoms with Crippen LogP contribution in [0, 0.1) is 0 Å². The van der Waals surface area contributed by atoms with Crippen molar-refractivity contribution < 1.29 is 0 Å². The summed E-state index contributed by atoms with van der Waals surface area (Å²) in [5, 5.41) is 0. The summed E-state index contributed by atoms with van der Waals surface area (Å²) in [6, 6.07) is 30.2. The van der Waals surface area contributed by atoms with Crippen molar-refractivity contribution in [2.45, 2.75) is 13.0 Å². The number of nitrogens with zero attached hydrogens (tertiary/aromatic N) is 2. The lowest BCUT2D eigenvalue weighted by Crippen LogP contribution is -2.25. The summed E-state index contributed by atoms with van der Waals surface area (Å²) in [7, 11) is 4.14. The van der Waals surface area contributed by atoms with Crippen LogP contribution >= 0.6 is 0 Å². The molecule has 0 saturated heterocycles. The Hall–Kier alpha value is -2.84. The Balaban J connectivity index is 1.62. The van der Waals surface area contributed by atoms with Crippen LogP contribution in [0.5, 0.6) is 0 Å². The third-order valence-electron chi connectivity index (χ3n) is 4.89. The minimum Gasteiger partial charge on any atom is -0.378 e. The fourth-order valence-corrected chi connectivity index (χ4v) is 3.23. The molecule has 0 aromatic heterocycles. The fraction of sp³-hybridized carbons (Fsp3) is 0.231. The molecular formula is C26H30N2. The summed E-state index contributed by atoms with van der Waals surface area (Å²) in [4.78, 5) is 4.63. The summed E-state index contributed by atoms with van der Waals surface area (Å²) < 4.78 is 0. The zero-order valence-electron chi connectivity index (χ0n) is 17.0. The fourth-order valence-electron chi connectivity index (χ4n) is 3.23. The average Bonchev–Trinajstić information content (AvgIpc) is 2.74. The SMILES string of the molecule is CN(C)c1ccc(C=CCN(CCc2ccccc2)Cc2ccccc2)cc1. The molecule has 0 N–H and O–H groups in total. The summed E-state index contributed by atoms with van der Waals surface area (Å²) in [5.74, 6) is 0. The van der Waals surface area contributed by atoms with Gasteiger partial charge in [-0.1, -0.05) is 84.9 Å². The van der Waals surface area contributed by atoms with Gasteiger partial charge in [-0.2, -0.15) is 0 Å². The number of benzene rings is 3. The lowest BCUT2D eigenvalue weighted by atomic mass is 10.1. The van der Waals surface area contributed by atoms with Crippen molar-refractivity contribution in [2.24, 2.45) is 0 Å². The normalized spacial score (nSPS) is 11.2. The van der Waals surface area contributed by atoms with Crippen LogP contribution in [0.4, 0.5) is 5.69 Å². The molecule has 0 spiro atoms. The zero-order valence-corrected chi connectivity index (χ0v) is 17.0. The Morgan fingerprint density at radius 3 is 1.93 bits per heavy atom. The van der Waals surface area contributed by atoms with E-state index in [1.54, 1.807) is 0 Å². The maximum atomic E-state index is 2.51. The predicted octanol–water partition coefficient (Wildman–Crippen LogP) is 5.51. The van der Waals surface area contributed by atoms with E-state index in [1.807, 2.05) is 0 Å². The minimum absolute atomic E-state index is 0.942. The van der Waals surface area contributed by atoms with Crippen LogP contribution < -0.4 is 4.90 Å². The molecule has 3 aromatic rings. The Morgan fingerprint density at radius 1 is 0.714 bits per heavy atom. The van der Waals surface area contributed by atoms with E-state index < -0.39 is 0 Å². The first-order valence-corrected chi connectivity index (χ1v) is 9.95. The Morgan fingerprint density at radius 2 is 1.32 bits per heavy atom. The van der Waals surface area contributed by atoms with Crippen molar-refractivity contribution in [3.05, 3.63) is 108 Å². The van der Waals surface area contributed by atoms with Crippen LogP contribution in [0.25, 0.3) is 6.08 Å². The van der Waals surface area contributed by atoms with Crippen LogP contribution in [0.15, 0.2) is 91.0 Å². The van der Waals surface area contributed by atoms with E-state index in [1.165, 1.54) is 22.4 Å². The summed E-state index contributed by atoms with van der Waals surface area (Å²) in [6.07, 6.45) is 5.57. The van der Waals surface area contributed by atoms with E-state index in [0.717, 1.165) is 26.1 Å². The molecule has 0 aliphatic carbocycles. The lowest BCUT2D eigenvalue weighted by molar-refractivity contribution is 0.298. The van der Waals surface area contributed by atoms with E-state index in [-0.39, 0.29) is 0 Å². The molecule has 0 unspecified atom stereocenters. The summed E-state index contributed by atoms with van der Waals surface area (Å²) >= 11 is 0. The summed E-state index contributed by atoms with van der Waals surface area (Å²) in [6.45, 7) is 2.96. The van der Waals surface area contributed by atoms with E-state index in [9.17, 15) is 0 Å². The van der Waals surface area contributed by atoms with Gasteiger partial charge < -0.3 is 4.90 Å². The smallest absolute Gasteiger partial charge is 0.0361 e. The van der Waals surface area contributed by atoms with Crippen molar-refractivity contribution in [1.82, 2.24) is 4.90 Å². The van der Waals surface area contributed by atoms with Crippen molar-refractivity contribution >= 4 is 11.8 Å². The Kier molecular flexibility index (Phi) is 7.45. The van der Waals surface area contributed by atoms with Crippen molar-refractivity contribution in [1.29, 1.82) is 0 Å². The van der Waals surface area contributed by atoms with Gasteiger partial charge in [0.2, 0.25) is 0 Å². The van der Waals surface area contributed by atoms with E-state index in [4.69, 9.17) is 0 Å². The quantitative estimate of drug-likeness (QED) is 0.490. The monoisotopic (exact) mass is 370 g/mol. The highest BCUT2D eigenvalue weighted by atomic mass is 15.1. The van der Waals surface area contributed by atoms with Gasteiger partial charge in [0.25, 0.3) is 0 Å². The molecule has 0 aliphatic heterocycles. The van der Waals surface area contributed by atoms with Gasteiger partial charge in [0.05, 0.1) is 0 Å². The van der Waals surface area contributed by atoms with Gasteiger partial charge in [-0.25, -0.2) is 0 Å². The molecular weight excluding hydrogens is 340 g/mol.